The van der Waals surface area contributed by atoms with Gasteiger partial charge in [0.25, 0.3) is 0 Å². The number of rotatable bonds is 2. The molecule has 0 amide bonds. The van der Waals surface area contributed by atoms with Crippen LogP contribution in [0.2, 0.25) is 0 Å². The number of hydrogen-bond donors (Lipinski definition) is 1. The van der Waals surface area contributed by atoms with Crippen molar-refractivity contribution >= 4 is 0 Å². The second-order valence-corrected chi connectivity index (χ2v) is 3.50. The first-order valence-corrected chi connectivity index (χ1v) is 4.76. The Bertz CT molecular complexity index is 505. The van der Waals surface area contributed by atoms with E-state index in [1.165, 1.54) is 12.3 Å². The maximum Gasteiger partial charge on any atom is 0.132 e. The standard InChI is InChI=1S/C12H10F2O2/c1-7-9(4-5-16-7)12(15)10-3-2-8(13)6-11(10)14/h2-6,12,15H,1H3. The predicted molar refractivity (Wildman–Crippen MR) is 53.9 cm³/mol. The first-order chi connectivity index (χ1) is 7.59. The quantitative estimate of drug-likeness (QED) is 0.850. The molecule has 1 N–H and O–H groups in total. The number of aliphatic hydroxyl groups excluding tert-OH is 1. The van der Waals surface area contributed by atoms with Gasteiger partial charge in [-0.25, -0.2) is 8.78 Å². The van der Waals surface area contributed by atoms with Crippen LogP contribution in [0.3, 0.4) is 0 Å². The van der Waals surface area contributed by atoms with Gasteiger partial charge in [-0.05, 0) is 19.1 Å². The summed E-state index contributed by atoms with van der Waals surface area (Å²) in [5, 5.41) is 9.91. The Morgan fingerprint density at radius 1 is 1.19 bits per heavy atom. The molecule has 0 radical (unpaired) electrons. The molecule has 2 rings (SSSR count). The van der Waals surface area contributed by atoms with Crippen molar-refractivity contribution in [3.8, 4) is 0 Å². The summed E-state index contributed by atoms with van der Waals surface area (Å²) in [6.07, 6.45) is 0.273. The van der Waals surface area contributed by atoms with E-state index in [1.54, 1.807) is 13.0 Å². The predicted octanol–water partition coefficient (Wildman–Crippen LogP) is 2.95. The van der Waals surface area contributed by atoms with E-state index in [-0.39, 0.29) is 5.56 Å². The summed E-state index contributed by atoms with van der Waals surface area (Å²) in [5.41, 5.74) is 0.511. The molecule has 0 saturated carbocycles. The second kappa shape index (κ2) is 4.06. The molecule has 0 aliphatic carbocycles. The van der Waals surface area contributed by atoms with Gasteiger partial charge in [-0.15, -0.1) is 0 Å². The van der Waals surface area contributed by atoms with Gasteiger partial charge in [-0.2, -0.15) is 0 Å². The molecule has 0 aliphatic heterocycles. The van der Waals surface area contributed by atoms with Gasteiger partial charge in [0.2, 0.25) is 0 Å². The van der Waals surface area contributed by atoms with Gasteiger partial charge in [-0.3, -0.25) is 0 Å². The van der Waals surface area contributed by atoms with Crippen LogP contribution in [0.1, 0.15) is 23.0 Å². The Hall–Kier alpha value is -1.68. The maximum atomic E-state index is 13.4. The molecule has 0 fully saturated rings. The minimum Gasteiger partial charge on any atom is -0.469 e. The second-order valence-electron chi connectivity index (χ2n) is 3.50. The van der Waals surface area contributed by atoms with E-state index >= 15 is 0 Å². The van der Waals surface area contributed by atoms with Crippen LogP contribution in [0, 0.1) is 18.6 Å². The highest BCUT2D eigenvalue weighted by molar-refractivity contribution is 5.31. The molecule has 0 spiro atoms. The number of hydrogen-bond acceptors (Lipinski definition) is 2. The summed E-state index contributed by atoms with van der Waals surface area (Å²) in [5.74, 6) is -0.929. The molecular weight excluding hydrogens is 214 g/mol. The Morgan fingerprint density at radius 2 is 1.94 bits per heavy atom. The largest absolute Gasteiger partial charge is 0.469 e. The minimum atomic E-state index is -1.14. The summed E-state index contributed by atoms with van der Waals surface area (Å²) in [6.45, 7) is 1.67. The van der Waals surface area contributed by atoms with Crippen molar-refractivity contribution in [1.82, 2.24) is 0 Å². The SMILES string of the molecule is Cc1occc1C(O)c1ccc(F)cc1F. The van der Waals surface area contributed by atoms with Crippen molar-refractivity contribution < 1.29 is 18.3 Å². The molecule has 1 atom stereocenters. The Morgan fingerprint density at radius 3 is 2.50 bits per heavy atom. The lowest BCUT2D eigenvalue weighted by molar-refractivity contribution is 0.212. The van der Waals surface area contributed by atoms with Crippen LogP contribution >= 0.6 is 0 Å². The van der Waals surface area contributed by atoms with Crippen molar-refractivity contribution in [2.24, 2.45) is 0 Å². The third-order valence-corrected chi connectivity index (χ3v) is 2.45. The van der Waals surface area contributed by atoms with Gasteiger partial charge in [0.05, 0.1) is 6.26 Å². The Kier molecular flexibility index (Phi) is 2.75. The number of benzene rings is 1. The molecular formula is C12H10F2O2. The summed E-state index contributed by atoms with van der Waals surface area (Å²) < 4.78 is 31.1. The van der Waals surface area contributed by atoms with Crippen LogP contribution < -0.4 is 0 Å². The van der Waals surface area contributed by atoms with E-state index in [9.17, 15) is 13.9 Å². The smallest absolute Gasteiger partial charge is 0.132 e. The normalized spacial score (nSPS) is 12.8. The first-order valence-electron chi connectivity index (χ1n) is 4.76. The van der Waals surface area contributed by atoms with Crippen LogP contribution in [0.4, 0.5) is 8.78 Å². The lowest BCUT2D eigenvalue weighted by Gasteiger charge is -2.10. The topological polar surface area (TPSA) is 33.4 Å². The molecule has 1 aromatic carbocycles. The van der Waals surface area contributed by atoms with Crippen LogP contribution in [0.25, 0.3) is 0 Å². The van der Waals surface area contributed by atoms with E-state index in [1.807, 2.05) is 0 Å². The molecule has 0 bridgehead atoms. The van der Waals surface area contributed by atoms with Gasteiger partial charge in [0, 0.05) is 17.2 Å². The fraction of sp³-hybridized carbons (Fsp3) is 0.167. The van der Waals surface area contributed by atoms with E-state index in [2.05, 4.69) is 0 Å². The maximum absolute atomic E-state index is 13.4. The fourth-order valence-electron chi connectivity index (χ4n) is 1.57. The van der Waals surface area contributed by atoms with Gasteiger partial charge >= 0.3 is 0 Å². The van der Waals surface area contributed by atoms with Gasteiger partial charge in [0.15, 0.2) is 0 Å². The highest BCUT2D eigenvalue weighted by Gasteiger charge is 2.18. The van der Waals surface area contributed by atoms with Crippen LogP contribution in [-0.4, -0.2) is 5.11 Å². The number of furan rings is 1. The number of aliphatic hydroxyl groups is 1. The molecule has 2 nitrogen and oxygen atoms in total. The molecule has 1 unspecified atom stereocenters. The van der Waals surface area contributed by atoms with Crippen molar-refractivity contribution in [1.29, 1.82) is 0 Å². The summed E-state index contributed by atoms with van der Waals surface area (Å²) in [4.78, 5) is 0. The van der Waals surface area contributed by atoms with E-state index in [4.69, 9.17) is 4.42 Å². The summed E-state index contributed by atoms with van der Waals surface area (Å²) >= 11 is 0. The third-order valence-electron chi connectivity index (χ3n) is 2.45. The van der Waals surface area contributed by atoms with Crippen molar-refractivity contribution in [3.63, 3.8) is 0 Å². The minimum absolute atomic E-state index is 0.0332. The average molecular weight is 224 g/mol. The number of aryl methyl sites for hydroxylation is 1. The zero-order valence-corrected chi connectivity index (χ0v) is 8.58. The van der Waals surface area contributed by atoms with Crippen LogP contribution in [0.5, 0.6) is 0 Å². The monoisotopic (exact) mass is 224 g/mol. The third kappa shape index (κ3) is 1.84. The Labute approximate surface area is 91.1 Å². The average Bonchev–Trinajstić information content (AvgIpc) is 2.63. The van der Waals surface area contributed by atoms with Crippen molar-refractivity contribution in [2.75, 3.05) is 0 Å². The lowest BCUT2D eigenvalue weighted by atomic mass is 10.0. The molecule has 4 heteroatoms. The number of halogens is 2. The van der Waals surface area contributed by atoms with E-state index < -0.39 is 17.7 Å². The zero-order valence-electron chi connectivity index (χ0n) is 8.58. The summed E-state index contributed by atoms with van der Waals surface area (Å²) in [6, 6.07) is 4.63. The van der Waals surface area contributed by atoms with Gasteiger partial charge in [-0.1, -0.05) is 6.07 Å². The molecule has 84 valence electrons. The summed E-state index contributed by atoms with van der Waals surface area (Å²) in [7, 11) is 0. The molecule has 2 aromatic rings. The van der Waals surface area contributed by atoms with Crippen LogP contribution in [-0.2, 0) is 0 Å². The fourth-order valence-corrected chi connectivity index (χ4v) is 1.57. The van der Waals surface area contributed by atoms with E-state index in [0.717, 1.165) is 12.1 Å². The van der Waals surface area contributed by atoms with Crippen molar-refractivity contribution in [3.05, 3.63) is 59.1 Å². The highest BCUT2D eigenvalue weighted by atomic mass is 19.1. The first kappa shape index (κ1) is 10.8. The lowest BCUT2D eigenvalue weighted by Crippen LogP contribution is -2.03. The highest BCUT2D eigenvalue weighted by Crippen LogP contribution is 2.27. The Balaban J connectivity index is 2.41. The van der Waals surface area contributed by atoms with Crippen molar-refractivity contribution in [2.45, 2.75) is 13.0 Å². The zero-order chi connectivity index (χ0) is 11.7. The van der Waals surface area contributed by atoms with E-state index in [0.29, 0.717) is 11.3 Å². The molecule has 0 saturated heterocycles. The van der Waals surface area contributed by atoms with Crippen LogP contribution in [0.15, 0.2) is 34.9 Å². The molecule has 1 aromatic heterocycles. The van der Waals surface area contributed by atoms with Gasteiger partial charge < -0.3 is 9.52 Å². The molecule has 16 heavy (non-hydrogen) atoms. The molecule has 1 heterocycles. The molecule has 0 aliphatic rings. The van der Waals surface area contributed by atoms with Gasteiger partial charge in [0.1, 0.15) is 23.5 Å².